The SMILES string of the molecule is CCOc1ccc(/C(=N/c2ccccc2)SC)nc1. The Bertz CT molecular complexity index is 538. The Balaban J connectivity index is 2.24. The molecule has 1 aromatic heterocycles. The van der Waals surface area contributed by atoms with E-state index in [2.05, 4.69) is 9.98 Å². The first-order valence-corrected chi connectivity index (χ1v) is 7.33. The first-order valence-electron chi connectivity index (χ1n) is 6.10. The molecule has 4 heteroatoms. The van der Waals surface area contributed by atoms with Gasteiger partial charge in [-0.25, -0.2) is 4.99 Å². The van der Waals surface area contributed by atoms with Gasteiger partial charge >= 0.3 is 0 Å². The first-order chi connectivity index (χ1) is 9.33. The summed E-state index contributed by atoms with van der Waals surface area (Å²) in [6.07, 6.45) is 3.73. The average Bonchev–Trinajstić information content (AvgIpc) is 2.47. The first kappa shape index (κ1) is 13.6. The number of aromatic nitrogens is 1. The van der Waals surface area contributed by atoms with Gasteiger partial charge in [0.1, 0.15) is 10.8 Å². The highest BCUT2D eigenvalue weighted by Gasteiger charge is 2.04. The largest absolute Gasteiger partial charge is 0.492 e. The van der Waals surface area contributed by atoms with Crippen molar-refractivity contribution in [3.63, 3.8) is 0 Å². The van der Waals surface area contributed by atoms with E-state index in [1.807, 2.05) is 55.6 Å². The zero-order valence-corrected chi connectivity index (χ0v) is 11.9. The molecule has 0 atom stereocenters. The van der Waals surface area contributed by atoms with Crippen LogP contribution < -0.4 is 4.74 Å². The van der Waals surface area contributed by atoms with E-state index in [0.29, 0.717) is 6.61 Å². The number of pyridine rings is 1. The van der Waals surface area contributed by atoms with E-state index in [-0.39, 0.29) is 0 Å². The van der Waals surface area contributed by atoms with Crippen LogP contribution in [0.3, 0.4) is 0 Å². The van der Waals surface area contributed by atoms with Gasteiger partial charge in [-0.15, -0.1) is 11.8 Å². The van der Waals surface area contributed by atoms with Crippen LogP contribution in [0.5, 0.6) is 5.75 Å². The number of nitrogens with zero attached hydrogens (tertiary/aromatic N) is 2. The van der Waals surface area contributed by atoms with Crippen LogP contribution in [0.15, 0.2) is 53.7 Å². The molecule has 0 amide bonds. The molecule has 0 N–H and O–H groups in total. The van der Waals surface area contributed by atoms with Gasteiger partial charge in [-0.2, -0.15) is 0 Å². The lowest BCUT2D eigenvalue weighted by Crippen LogP contribution is -1.99. The Hall–Kier alpha value is -1.81. The molecule has 0 aliphatic carbocycles. The summed E-state index contributed by atoms with van der Waals surface area (Å²) in [5.41, 5.74) is 1.79. The summed E-state index contributed by atoms with van der Waals surface area (Å²) in [7, 11) is 0. The molecular formula is C15H16N2OS. The molecule has 1 aromatic carbocycles. The molecule has 3 nitrogen and oxygen atoms in total. The smallest absolute Gasteiger partial charge is 0.137 e. The van der Waals surface area contributed by atoms with Gasteiger partial charge < -0.3 is 4.74 Å². The van der Waals surface area contributed by atoms with Crippen LogP contribution in [-0.4, -0.2) is 22.9 Å². The molecule has 0 unspecified atom stereocenters. The fraction of sp³-hybridized carbons (Fsp3) is 0.200. The third-order valence-corrected chi connectivity index (χ3v) is 3.13. The highest BCUT2D eigenvalue weighted by molar-refractivity contribution is 8.13. The van der Waals surface area contributed by atoms with Gasteiger partial charge in [0.25, 0.3) is 0 Å². The van der Waals surface area contributed by atoms with E-state index in [1.165, 1.54) is 0 Å². The van der Waals surface area contributed by atoms with Crippen LogP contribution in [0, 0.1) is 0 Å². The number of ether oxygens (including phenoxy) is 1. The number of rotatable bonds is 4. The Morgan fingerprint density at radius 2 is 2.00 bits per heavy atom. The minimum Gasteiger partial charge on any atom is -0.492 e. The molecule has 0 fully saturated rings. The minimum atomic E-state index is 0.647. The standard InChI is InChI=1S/C15H16N2OS/c1-3-18-13-9-10-14(16-11-13)15(19-2)17-12-7-5-4-6-8-12/h4-11H,3H2,1-2H3/b17-15-. The molecule has 0 saturated heterocycles. The molecule has 0 saturated carbocycles. The number of hydrogen-bond donors (Lipinski definition) is 0. The summed E-state index contributed by atoms with van der Waals surface area (Å²) in [4.78, 5) is 8.99. The van der Waals surface area contributed by atoms with Crippen molar-refractivity contribution in [2.45, 2.75) is 6.92 Å². The monoisotopic (exact) mass is 272 g/mol. The minimum absolute atomic E-state index is 0.647. The van der Waals surface area contributed by atoms with Crippen molar-refractivity contribution in [3.05, 3.63) is 54.4 Å². The highest BCUT2D eigenvalue weighted by atomic mass is 32.2. The summed E-state index contributed by atoms with van der Waals surface area (Å²) >= 11 is 1.58. The summed E-state index contributed by atoms with van der Waals surface area (Å²) in [6.45, 7) is 2.60. The van der Waals surface area contributed by atoms with Crippen molar-refractivity contribution in [1.29, 1.82) is 0 Å². The van der Waals surface area contributed by atoms with Crippen LogP contribution in [0.25, 0.3) is 0 Å². The molecule has 98 valence electrons. The average molecular weight is 272 g/mol. The van der Waals surface area contributed by atoms with Crippen LogP contribution in [0.1, 0.15) is 12.6 Å². The molecule has 2 rings (SSSR count). The summed E-state index contributed by atoms with van der Waals surface area (Å²) in [5.74, 6) is 0.784. The lowest BCUT2D eigenvalue weighted by molar-refractivity contribution is 0.339. The topological polar surface area (TPSA) is 34.5 Å². The second-order valence-electron chi connectivity index (χ2n) is 3.77. The van der Waals surface area contributed by atoms with Gasteiger partial charge in [-0.1, -0.05) is 18.2 Å². The van der Waals surface area contributed by atoms with Crippen LogP contribution >= 0.6 is 11.8 Å². The summed E-state index contributed by atoms with van der Waals surface area (Å²) in [6, 6.07) is 13.7. The number of aliphatic imine (C=N–C) groups is 1. The second-order valence-corrected chi connectivity index (χ2v) is 4.56. The van der Waals surface area contributed by atoms with E-state index in [0.717, 1.165) is 22.2 Å². The van der Waals surface area contributed by atoms with Gasteiger partial charge in [0, 0.05) is 0 Å². The molecular weight excluding hydrogens is 256 g/mol. The summed E-state index contributed by atoms with van der Waals surface area (Å²) in [5, 5.41) is 0.897. The van der Waals surface area contributed by atoms with E-state index >= 15 is 0 Å². The quantitative estimate of drug-likeness (QED) is 0.625. The molecule has 0 radical (unpaired) electrons. The molecule has 0 spiro atoms. The molecule has 2 aromatic rings. The van der Waals surface area contributed by atoms with E-state index in [4.69, 9.17) is 4.74 Å². The summed E-state index contributed by atoms with van der Waals surface area (Å²) < 4.78 is 5.38. The third kappa shape index (κ3) is 3.83. The molecule has 19 heavy (non-hydrogen) atoms. The molecule has 0 aliphatic rings. The zero-order chi connectivity index (χ0) is 13.5. The van der Waals surface area contributed by atoms with Gasteiger partial charge in [0.05, 0.1) is 24.2 Å². The number of hydrogen-bond acceptors (Lipinski definition) is 4. The van der Waals surface area contributed by atoms with Gasteiger partial charge in [0.2, 0.25) is 0 Å². The lowest BCUT2D eigenvalue weighted by atomic mass is 10.3. The third-order valence-electron chi connectivity index (χ3n) is 2.45. The Labute approximate surface area is 117 Å². The maximum absolute atomic E-state index is 5.38. The highest BCUT2D eigenvalue weighted by Crippen LogP contribution is 2.18. The maximum atomic E-state index is 5.38. The number of para-hydroxylation sites is 1. The Kier molecular flexibility index (Phi) is 4.98. The zero-order valence-electron chi connectivity index (χ0n) is 11.0. The van der Waals surface area contributed by atoms with E-state index in [9.17, 15) is 0 Å². The number of thioether (sulfide) groups is 1. The molecule has 1 heterocycles. The van der Waals surface area contributed by atoms with Crippen LogP contribution in [0.4, 0.5) is 5.69 Å². The van der Waals surface area contributed by atoms with Crippen molar-refractivity contribution in [2.24, 2.45) is 4.99 Å². The van der Waals surface area contributed by atoms with Crippen molar-refractivity contribution >= 4 is 22.5 Å². The maximum Gasteiger partial charge on any atom is 0.137 e. The predicted molar refractivity (Wildman–Crippen MR) is 81.6 cm³/mol. The number of benzene rings is 1. The molecule has 0 bridgehead atoms. The van der Waals surface area contributed by atoms with Crippen molar-refractivity contribution in [1.82, 2.24) is 4.98 Å². The van der Waals surface area contributed by atoms with E-state index < -0.39 is 0 Å². The van der Waals surface area contributed by atoms with Crippen molar-refractivity contribution < 1.29 is 4.74 Å². The van der Waals surface area contributed by atoms with E-state index in [1.54, 1.807) is 18.0 Å². The van der Waals surface area contributed by atoms with Crippen LogP contribution in [-0.2, 0) is 0 Å². The van der Waals surface area contributed by atoms with Crippen molar-refractivity contribution in [2.75, 3.05) is 12.9 Å². The van der Waals surface area contributed by atoms with Gasteiger partial charge in [-0.05, 0) is 37.4 Å². The van der Waals surface area contributed by atoms with Gasteiger partial charge in [-0.3, -0.25) is 4.98 Å². The second kappa shape index (κ2) is 6.95. The fourth-order valence-corrected chi connectivity index (χ4v) is 2.11. The van der Waals surface area contributed by atoms with Gasteiger partial charge in [0.15, 0.2) is 0 Å². The Morgan fingerprint density at radius 3 is 2.58 bits per heavy atom. The normalized spacial score (nSPS) is 11.4. The molecule has 0 aliphatic heterocycles. The predicted octanol–water partition coefficient (Wildman–Crippen LogP) is 3.92. The fourth-order valence-electron chi connectivity index (χ4n) is 1.59. The van der Waals surface area contributed by atoms with Crippen LogP contribution in [0.2, 0.25) is 0 Å². The van der Waals surface area contributed by atoms with Crippen molar-refractivity contribution in [3.8, 4) is 5.75 Å². The Morgan fingerprint density at radius 1 is 1.21 bits per heavy atom. The lowest BCUT2D eigenvalue weighted by Gasteiger charge is -2.05.